The van der Waals surface area contributed by atoms with Crippen molar-refractivity contribution in [2.24, 2.45) is 5.73 Å². The molecule has 0 amide bonds. The van der Waals surface area contributed by atoms with Gasteiger partial charge in [0.1, 0.15) is 0 Å². The number of benzene rings is 1. The predicted octanol–water partition coefficient (Wildman–Crippen LogP) is 2.80. The van der Waals surface area contributed by atoms with Gasteiger partial charge in [-0.1, -0.05) is 31.2 Å². The van der Waals surface area contributed by atoms with E-state index in [-0.39, 0.29) is 6.04 Å². The van der Waals surface area contributed by atoms with Crippen molar-refractivity contribution in [3.63, 3.8) is 0 Å². The van der Waals surface area contributed by atoms with Crippen LogP contribution in [0.2, 0.25) is 0 Å². The highest BCUT2D eigenvalue weighted by molar-refractivity contribution is 5.28. The molecular formula is C18H31N3. The molecular weight excluding hydrogens is 258 g/mol. The Morgan fingerprint density at radius 2 is 1.95 bits per heavy atom. The van der Waals surface area contributed by atoms with E-state index >= 15 is 0 Å². The normalized spacial score (nSPS) is 19.1. The third-order valence-corrected chi connectivity index (χ3v) is 5.01. The maximum atomic E-state index is 6.38. The van der Waals surface area contributed by atoms with Crippen LogP contribution in [-0.4, -0.2) is 49.1 Å². The SMILES string of the molecule is CCN1CCC(N(C)CCC(N)c2ccccc2C)CC1. The van der Waals surface area contributed by atoms with Crippen LogP contribution in [0.4, 0.5) is 0 Å². The number of piperidine rings is 1. The molecule has 21 heavy (non-hydrogen) atoms. The van der Waals surface area contributed by atoms with Gasteiger partial charge in [-0.05, 0) is 70.5 Å². The van der Waals surface area contributed by atoms with Gasteiger partial charge in [-0.3, -0.25) is 0 Å². The second kappa shape index (κ2) is 7.92. The Kier molecular flexibility index (Phi) is 6.22. The lowest BCUT2D eigenvalue weighted by Gasteiger charge is -2.36. The lowest BCUT2D eigenvalue weighted by atomic mass is 9.98. The summed E-state index contributed by atoms with van der Waals surface area (Å²) < 4.78 is 0. The van der Waals surface area contributed by atoms with Crippen LogP contribution in [0.25, 0.3) is 0 Å². The summed E-state index contributed by atoms with van der Waals surface area (Å²) >= 11 is 0. The van der Waals surface area contributed by atoms with Crippen molar-refractivity contribution in [2.75, 3.05) is 33.2 Å². The maximum absolute atomic E-state index is 6.38. The molecule has 118 valence electrons. The Morgan fingerprint density at radius 1 is 1.29 bits per heavy atom. The van der Waals surface area contributed by atoms with Crippen LogP contribution >= 0.6 is 0 Å². The smallest absolute Gasteiger partial charge is 0.0309 e. The summed E-state index contributed by atoms with van der Waals surface area (Å²) in [7, 11) is 2.26. The van der Waals surface area contributed by atoms with E-state index < -0.39 is 0 Å². The molecule has 1 saturated heterocycles. The highest BCUT2D eigenvalue weighted by Crippen LogP contribution is 2.20. The molecule has 0 radical (unpaired) electrons. The number of nitrogens with two attached hydrogens (primary N) is 1. The minimum absolute atomic E-state index is 0.157. The third kappa shape index (κ3) is 4.53. The van der Waals surface area contributed by atoms with E-state index in [1.54, 1.807) is 0 Å². The van der Waals surface area contributed by atoms with Gasteiger partial charge in [0, 0.05) is 12.1 Å². The van der Waals surface area contributed by atoms with Crippen LogP contribution < -0.4 is 5.73 Å². The van der Waals surface area contributed by atoms with Crippen molar-refractivity contribution in [3.05, 3.63) is 35.4 Å². The predicted molar refractivity (Wildman–Crippen MR) is 90.5 cm³/mol. The van der Waals surface area contributed by atoms with Crippen LogP contribution in [-0.2, 0) is 0 Å². The third-order valence-electron chi connectivity index (χ3n) is 5.01. The summed E-state index contributed by atoms with van der Waals surface area (Å²) in [4.78, 5) is 5.06. The Balaban J connectivity index is 1.79. The topological polar surface area (TPSA) is 32.5 Å². The molecule has 3 heteroatoms. The quantitative estimate of drug-likeness (QED) is 0.874. The Labute approximate surface area is 130 Å². The molecule has 1 aliphatic rings. The van der Waals surface area contributed by atoms with Gasteiger partial charge >= 0.3 is 0 Å². The Morgan fingerprint density at radius 3 is 2.57 bits per heavy atom. The second-order valence-electron chi connectivity index (χ2n) is 6.40. The fourth-order valence-electron chi connectivity index (χ4n) is 3.36. The van der Waals surface area contributed by atoms with E-state index in [4.69, 9.17) is 5.73 Å². The van der Waals surface area contributed by atoms with Crippen molar-refractivity contribution in [3.8, 4) is 0 Å². The number of rotatable bonds is 6. The van der Waals surface area contributed by atoms with Crippen LogP contribution in [0.15, 0.2) is 24.3 Å². The first-order valence-corrected chi connectivity index (χ1v) is 8.35. The molecule has 0 aromatic heterocycles. The van der Waals surface area contributed by atoms with E-state index in [0.717, 1.165) is 19.0 Å². The molecule has 1 heterocycles. The van der Waals surface area contributed by atoms with Crippen molar-refractivity contribution in [1.82, 2.24) is 9.80 Å². The molecule has 0 bridgehead atoms. The van der Waals surface area contributed by atoms with Gasteiger partial charge in [0.25, 0.3) is 0 Å². The molecule has 1 atom stereocenters. The number of hydrogen-bond acceptors (Lipinski definition) is 3. The molecule has 1 aliphatic heterocycles. The van der Waals surface area contributed by atoms with Gasteiger partial charge in [0.2, 0.25) is 0 Å². The summed E-state index contributed by atoms with van der Waals surface area (Å²) in [6, 6.07) is 9.38. The zero-order valence-corrected chi connectivity index (χ0v) is 13.9. The summed E-state index contributed by atoms with van der Waals surface area (Å²) in [5.41, 5.74) is 8.99. The number of likely N-dealkylation sites (tertiary alicyclic amines) is 1. The summed E-state index contributed by atoms with van der Waals surface area (Å²) in [6.07, 6.45) is 3.63. The lowest BCUT2D eigenvalue weighted by Crippen LogP contribution is -2.43. The molecule has 1 fully saturated rings. The van der Waals surface area contributed by atoms with Gasteiger partial charge in [0.15, 0.2) is 0 Å². The first kappa shape index (κ1) is 16.5. The molecule has 0 spiro atoms. The lowest BCUT2D eigenvalue weighted by molar-refractivity contribution is 0.129. The van der Waals surface area contributed by atoms with E-state index in [9.17, 15) is 0 Å². The molecule has 0 saturated carbocycles. The minimum Gasteiger partial charge on any atom is -0.324 e. The van der Waals surface area contributed by atoms with Crippen LogP contribution in [0, 0.1) is 6.92 Å². The molecule has 0 aliphatic carbocycles. The average Bonchev–Trinajstić information content (AvgIpc) is 2.52. The largest absolute Gasteiger partial charge is 0.324 e. The van der Waals surface area contributed by atoms with Gasteiger partial charge in [-0.25, -0.2) is 0 Å². The second-order valence-corrected chi connectivity index (χ2v) is 6.40. The van der Waals surface area contributed by atoms with E-state index in [1.165, 1.54) is 43.6 Å². The standard InChI is InChI=1S/C18H31N3/c1-4-21-13-9-16(10-14-21)20(3)12-11-18(19)17-8-6-5-7-15(17)2/h5-8,16,18H,4,9-14,19H2,1-3H3. The van der Waals surface area contributed by atoms with Crippen molar-refractivity contribution in [2.45, 2.75) is 45.2 Å². The number of hydrogen-bond donors (Lipinski definition) is 1. The fraction of sp³-hybridized carbons (Fsp3) is 0.667. The minimum atomic E-state index is 0.157. The maximum Gasteiger partial charge on any atom is 0.0309 e. The van der Waals surface area contributed by atoms with Crippen molar-refractivity contribution >= 4 is 0 Å². The highest BCUT2D eigenvalue weighted by Gasteiger charge is 2.21. The van der Waals surface area contributed by atoms with Gasteiger partial charge in [-0.2, -0.15) is 0 Å². The highest BCUT2D eigenvalue weighted by atomic mass is 15.2. The number of aryl methyl sites for hydroxylation is 1. The van der Waals surface area contributed by atoms with Gasteiger partial charge < -0.3 is 15.5 Å². The summed E-state index contributed by atoms with van der Waals surface area (Å²) in [6.45, 7) is 9.18. The van der Waals surface area contributed by atoms with E-state index in [0.29, 0.717) is 0 Å². The van der Waals surface area contributed by atoms with Crippen LogP contribution in [0.3, 0.4) is 0 Å². The van der Waals surface area contributed by atoms with Crippen LogP contribution in [0.5, 0.6) is 0 Å². The average molecular weight is 289 g/mol. The molecule has 3 nitrogen and oxygen atoms in total. The monoisotopic (exact) mass is 289 g/mol. The summed E-state index contributed by atoms with van der Waals surface area (Å²) in [5.74, 6) is 0. The number of nitrogens with zero attached hydrogens (tertiary/aromatic N) is 2. The van der Waals surface area contributed by atoms with E-state index in [2.05, 4.69) is 55.0 Å². The zero-order valence-electron chi connectivity index (χ0n) is 13.9. The first-order valence-electron chi connectivity index (χ1n) is 8.35. The first-order chi connectivity index (χ1) is 10.1. The Hall–Kier alpha value is -0.900. The molecule has 2 rings (SSSR count). The van der Waals surface area contributed by atoms with Gasteiger partial charge in [-0.15, -0.1) is 0 Å². The summed E-state index contributed by atoms with van der Waals surface area (Å²) in [5, 5.41) is 0. The fourth-order valence-corrected chi connectivity index (χ4v) is 3.36. The Bertz CT molecular complexity index is 424. The van der Waals surface area contributed by atoms with Gasteiger partial charge in [0.05, 0.1) is 0 Å². The molecule has 1 aromatic carbocycles. The zero-order chi connectivity index (χ0) is 15.2. The van der Waals surface area contributed by atoms with Crippen LogP contribution in [0.1, 0.15) is 43.4 Å². The van der Waals surface area contributed by atoms with E-state index in [1.807, 2.05) is 0 Å². The molecule has 1 aromatic rings. The van der Waals surface area contributed by atoms with Crippen molar-refractivity contribution < 1.29 is 0 Å². The van der Waals surface area contributed by atoms with Crippen molar-refractivity contribution in [1.29, 1.82) is 0 Å². The molecule has 2 N–H and O–H groups in total. The molecule has 1 unspecified atom stereocenters.